The number of aryl methyl sites for hydroxylation is 1. The average Bonchev–Trinajstić information content (AvgIpc) is 3.13. The van der Waals surface area contributed by atoms with Gasteiger partial charge in [0.05, 0.1) is 0 Å². The molecule has 0 aliphatic heterocycles. The number of carbonyl (C=O) groups excluding carboxylic acids is 1. The highest BCUT2D eigenvalue weighted by atomic mass is 16.2. The molecule has 0 saturated heterocycles. The second-order valence-corrected chi connectivity index (χ2v) is 4.87. The summed E-state index contributed by atoms with van der Waals surface area (Å²) in [6.07, 6.45) is 5.62. The van der Waals surface area contributed by atoms with Gasteiger partial charge in [-0.1, -0.05) is 0 Å². The molecule has 7 nitrogen and oxygen atoms in total. The fraction of sp³-hybridized carbons (Fsp3) is 0.500. The van der Waals surface area contributed by atoms with E-state index in [4.69, 9.17) is 0 Å². The molecule has 0 bridgehead atoms. The third-order valence-corrected chi connectivity index (χ3v) is 3.17. The van der Waals surface area contributed by atoms with Crippen molar-refractivity contribution in [2.24, 2.45) is 0 Å². The van der Waals surface area contributed by atoms with Crippen LogP contribution in [0.3, 0.4) is 0 Å². The summed E-state index contributed by atoms with van der Waals surface area (Å²) >= 11 is 0. The van der Waals surface area contributed by atoms with Crippen molar-refractivity contribution >= 4 is 17.4 Å². The van der Waals surface area contributed by atoms with Crippen LogP contribution in [0.4, 0.5) is 5.82 Å². The Morgan fingerprint density at radius 1 is 1.47 bits per heavy atom. The lowest BCUT2D eigenvalue weighted by atomic mass is 10.3. The van der Waals surface area contributed by atoms with Crippen LogP contribution in [0, 0.1) is 6.92 Å². The van der Waals surface area contributed by atoms with Gasteiger partial charge in [0, 0.05) is 18.4 Å². The van der Waals surface area contributed by atoms with Gasteiger partial charge in [-0.25, -0.2) is 4.98 Å². The van der Waals surface area contributed by atoms with Gasteiger partial charge in [-0.2, -0.15) is 0 Å². The van der Waals surface area contributed by atoms with Crippen LogP contribution in [0.25, 0.3) is 5.65 Å². The lowest BCUT2D eigenvalue weighted by Gasteiger charge is -2.14. The van der Waals surface area contributed by atoms with Crippen LogP contribution >= 0.6 is 0 Å². The summed E-state index contributed by atoms with van der Waals surface area (Å²) in [4.78, 5) is 16.1. The number of amides is 1. The molecule has 0 radical (unpaired) electrons. The van der Waals surface area contributed by atoms with Gasteiger partial charge in [-0.05, 0) is 26.7 Å². The number of hydrogen-bond acceptors (Lipinski definition) is 5. The Morgan fingerprint density at radius 3 is 3.00 bits per heavy atom. The number of aromatic nitrogens is 4. The van der Waals surface area contributed by atoms with E-state index in [2.05, 4.69) is 25.8 Å². The van der Waals surface area contributed by atoms with Gasteiger partial charge in [0.15, 0.2) is 5.82 Å². The molecule has 0 aromatic carbocycles. The van der Waals surface area contributed by atoms with E-state index < -0.39 is 0 Å². The summed E-state index contributed by atoms with van der Waals surface area (Å²) in [7, 11) is 0. The van der Waals surface area contributed by atoms with E-state index >= 15 is 0 Å². The fourth-order valence-electron chi connectivity index (χ4n) is 1.87. The van der Waals surface area contributed by atoms with Gasteiger partial charge in [0.25, 0.3) is 0 Å². The van der Waals surface area contributed by atoms with Crippen molar-refractivity contribution < 1.29 is 4.79 Å². The number of carbonyl (C=O) groups is 1. The van der Waals surface area contributed by atoms with E-state index in [1.165, 1.54) is 0 Å². The molecule has 7 heteroatoms. The third kappa shape index (κ3) is 2.35. The molecule has 0 spiro atoms. The second kappa shape index (κ2) is 4.49. The maximum absolute atomic E-state index is 11.9. The topological polar surface area (TPSA) is 84.2 Å². The summed E-state index contributed by atoms with van der Waals surface area (Å²) in [5.74, 6) is 1.35. The summed E-state index contributed by atoms with van der Waals surface area (Å²) < 4.78 is 1.83. The molecule has 1 unspecified atom stereocenters. The van der Waals surface area contributed by atoms with Crippen LogP contribution < -0.4 is 10.6 Å². The first kappa shape index (κ1) is 11.9. The largest absolute Gasteiger partial charge is 0.355 e. The summed E-state index contributed by atoms with van der Waals surface area (Å²) in [5, 5.41) is 14.1. The Balaban J connectivity index is 1.78. The Kier molecular flexibility index (Phi) is 2.81. The zero-order valence-corrected chi connectivity index (χ0v) is 10.9. The smallest absolute Gasteiger partial charge is 0.242 e. The minimum Gasteiger partial charge on any atom is -0.355 e. The van der Waals surface area contributed by atoms with Crippen molar-refractivity contribution in [3.63, 3.8) is 0 Å². The first-order valence-corrected chi connectivity index (χ1v) is 6.38. The summed E-state index contributed by atoms with van der Waals surface area (Å²) in [6, 6.07) is 0.00661. The van der Waals surface area contributed by atoms with Crippen molar-refractivity contribution in [1.29, 1.82) is 0 Å². The number of nitrogens with one attached hydrogen (secondary N) is 2. The summed E-state index contributed by atoms with van der Waals surface area (Å²) in [5.41, 5.74) is 0.631. The van der Waals surface area contributed by atoms with E-state index in [9.17, 15) is 4.79 Å². The van der Waals surface area contributed by atoms with E-state index in [1.807, 2.05) is 18.2 Å². The van der Waals surface area contributed by atoms with Crippen LogP contribution in [0.5, 0.6) is 0 Å². The van der Waals surface area contributed by atoms with Gasteiger partial charge in [0.2, 0.25) is 11.6 Å². The van der Waals surface area contributed by atoms with Crippen molar-refractivity contribution in [2.45, 2.75) is 38.8 Å². The molecule has 2 aromatic heterocycles. The van der Waals surface area contributed by atoms with E-state index in [0.29, 0.717) is 17.5 Å². The van der Waals surface area contributed by atoms with Gasteiger partial charge < -0.3 is 10.6 Å². The number of hydrogen-bond donors (Lipinski definition) is 2. The molecule has 2 aromatic rings. The predicted octanol–water partition coefficient (Wildman–Crippen LogP) is 0.512. The highest BCUT2D eigenvalue weighted by Gasteiger charge is 2.26. The van der Waals surface area contributed by atoms with E-state index in [1.54, 1.807) is 12.4 Å². The molecule has 1 saturated carbocycles. The Bertz CT molecular complexity index is 618. The van der Waals surface area contributed by atoms with Crippen LogP contribution in [0.15, 0.2) is 12.4 Å². The zero-order valence-electron chi connectivity index (χ0n) is 10.9. The molecule has 3 rings (SSSR count). The number of fused-ring (bicyclic) bond motifs is 1. The van der Waals surface area contributed by atoms with Gasteiger partial charge in [0.1, 0.15) is 11.9 Å². The van der Waals surface area contributed by atoms with Crippen molar-refractivity contribution in [3.05, 3.63) is 18.2 Å². The second-order valence-electron chi connectivity index (χ2n) is 4.87. The molecule has 19 heavy (non-hydrogen) atoms. The Morgan fingerprint density at radius 2 is 2.26 bits per heavy atom. The van der Waals surface area contributed by atoms with Crippen molar-refractivity contribution in [3.8, 4) is 0 Å². The number of rotatable bonds is 4. The van der Waals surface area contributed by atoms with Gasteiger partial charge >= 0.3 is 0 Å². The minimum atomic E-state index is -0.351. The highest BCUT2D eigenvalue weighted by molar-refractivity contribution is 5.85. The lowest BCUT2D eigenvalue weighted by molar-refractivity contribution is -0.121. The molecule has 1 aliphatic carbocycles. The molecule has 1 amide bonds. The van der Waals surface area contributed by atoms with Crippen LogP contribution in [0.2, 0.25) is 0 Å². The lowest BCUT2D eigenvalue weighted by Crippen LogP contribution is -2.38. The zero-order chi connectivity index (χ0) is 13.4. The van der Waals surface area contributed by atoms with E-state index in [0.717, 1.165) is 18.7 Å². The first-order valence-electron chi connectivity index (χ1n) is 6.38. The van der Waals surface area contributed by atoms with Gasteiger partial charge in [-0.15, -0.1) is 10.2 Å². The number of anilines is 1. The molecule has 2 N–H and O–H groups in total. The first-order chi connectivity index (χ1) is 9.15. The maximum Gasteiger partial charge on any atom is 0.242 e. The van der Waals surface area contributed by atoms with Crippen molar-refractivity contribution in [2.75, 3.05) is 5.32 Å². The quantitative estimate of drug-likeness (QED) is 0.837. The van der Waals surface area contributed by atoms with Crippen molar-refractivity contribution in [1.82, 2.24) is 24.9 Å². The SMILES string of the molecule is Cc1nnc2c(NC(C)C(=O)NC3CC3)nccn12. The Labute approximate surface area is 110 Å². The Hall–Kier alpha value is -2.18. The van der Waals surface area contributed by atoms with Gasteiger partial charge in [-0.3, -0.25) is 9.20 Å². The molecule has 1 fully saturated rings. The highest BCUT2D eigenvalue weighted by Crippen LogP contribution is 2.19. The molecule has 100 valence electrons. The third-order valence-electron chi connectivity index (χ3n) is 3.17. The average molecular weight is 260 g/mol. The van der Waals surface area contributed by atoms with Crippen LogP contribution in [0.1, 0.15) is 25.6 Å². The maximum atomic E-state index is 11.9. The normalized spacial score (nSPS) is 16.3. The molecule has 1 aliphatic rings. The molecular formula is C12H16N6O. The number of nitrogens with zero attached hydrogens (tertiary/aromatic N) is 4. The van der Waals surface area contributed by atoms with Crippen LogP contribution in [-0.4, -0.2) is 37.6 Å². The molecule has 2 heterocycles. The fourth-order valence-corrected chi connectivity index (χ4v) is 1.87. The van der Waals surface area contributed by atoms with Crippen LogP contribution in [-0.2, 0) is 4.79 Å². The standard InChI is InChI=1S/C12H16N6O/c1-7(12(19)15-9-3-4-9)14-10-11-17-16-8(2)18(11)6-5-13-10/h5-7,9H,3-4H2,1-2H3,(H,13,14)(H,15,19). The predicted molar refractivity (Wildman–Crippen MR) is 69.8 cm³/mol. The molecule has 1 atom stereocenters. The minimum absolute atomic E-state index is 0.0115. The monoisotopic (exact) mass is 260 g/mol. The summed E-state index contributed by atoms with van der Waals surface area (Å²) in [6.45, 7) is 3.68. The van der Waals surface area contributed by atoms with E-state index in [-0.39, 0.29) is 11.9 Å². The molecular weight excluding hydrogens is 244 g/mol.